The van der Waals surface area contributed by atoms with Crippen LogP contribution in [0.4, 0.5) is 0 Å². The first-order valence-corrected chi connectivity index (χ1v) is 8.21. The van der Waals surface area contributed by atoms with Crippen LogP contribution in [0, 0.1) is 22.7 Å². The van der Waals surface area contributed by atoms with Crippen LogP contribution in [0.15, 0.2) is 31.7 Å². The Morgan fingerprint density at radius 1 is 1.25 bits per heavy atom. The molecule has 0 radical (unpaired) electrons. The second-order valence-electron chi connectivity index (χ2n) is 4.09. The summed E-state index contributed by atoms with van der Waals surface area (Å²) in [5, 5.41) is 19.4. The van der Waals surface area contributed by atoms with E-state index in [-0.39, 0.29) is 0 Å². The second-order valence-corrected chi connectivity index (χ2v) is 7.19. The molecule has 0 spiro atoms. The Hall–Kier alpha value is -1.41. The molecule has 2 heterocycles. The maximum absolute atomic E-state index is 9.34. The first-order valence-electron chi connectivity index (χ1n) is 5.78. The standard InChI is InChI=1S/C13H11BrN4S2/c1-2-9-8(14)3-10(19-9)11-6(4-15)12(17)20-13(18)7(11)5-16/h3,11H,2,17-18H2,1H3. The van der Waals surface area contributed by atoms with Crippen LogP contribution in [0.5, 0.6) is 0 Å². The number of thiophene rings is 1. The van der Waals surface area contributed by atoms with E-state index in [1.165, 1.54) is 4.88 Å². The summed E-state index contributed by atoms with van der Waals surface area (Å²) in [6.07, 6.45) is 0.884. The van der Waals surface area contributed by atoms with E-state index in [0.717, 1.165) is 27.5 Å². The van der Waals surface area contributed by atoms with Gasteiger partial charge in [-0.25, -0.2) is 0 Å². The highest BCUT2D eigenvalue weighted by Crippen LogP contribution is 2.46. The highest BCUT2D eigenvalue weighted by molar-refractivity contribution is 9.10. The molecule has 0 unspecified atom stereocenters. The molecule has 0 atom stereocenters. The van der Waals surface area contributed by atoms with E-state index in [1.54, 1.807) is 11.3 Å². The number of halogens is 1. The van der Waals surface area contributed by atoms with E-state index in [1.807, 2.05) is 6.07 Å². The van der Waals surface area contributed by atoms with Crippen molar-refractivity contribution in [1.82, 2.24) is 0 Å². The van der Waals surface area contributed by atoms with Crippen LogP contribution in [0.1, 0.15) is 22.6 Å². The molecule has 4 N–H and O–H groups in total. The molecule has 1 aromatic rings. The van der Waals surface area contributed by atoms with E-state index in [4.69, 9.17) is 11.5 Å². The fourth-order valence-electron chi connectivity index (χ4n) is 1.99. The number of hydrogen-bond acceptors (Lipinski definition) is 6. The number of aryl methyl sites for hydroxylation is 1. The van der Waals surface area contributed by atoms with E-state index < -0.39 is 5.92 Å². The van der Waals surface area contributed by atoms with Crippen LogP contribution in [0.3, 0.4) is 0 Å². The lowest BCUT2D eigenvalue weighted by Crippen LogP contribution is -2.17. The highest BCUT2D eigenvalue weighted by atomic mass is 79.9. The van der Waals surface area contributed by atoms with Gasteiger partial charge in [-0.1, -0.05) is 18.7 Å². The molecule has 4 nitrogen and oxygen atoms in total. The molecular formula is C13H11BrN4S2. The zero-order chi connectivity index (χ0) is 14.9. The largest absolute Gasteiger partial charge is 0.392 e. The minimum Gasteiger partial charge on any atom is -0.392 e. The minimum atomic E-state index is -0.451. The Labute approximate surface area is 133 Å². The summed E-state index contributed by atoms with van der Waals surface area (Å²) < 4.78 is 0.991. The lowest BCUT2D eigenvalue weighted by atomic mass is 9.91. The average Bonchev–Trinajstić information content (AvgIpc) is 2.79. The van der Waals surface area contributed by atoms with Crippen LogP contribution >= 0.6 is 39.0 Å². The molecule has 20 heavy (non-hydrogen) atoms. The Bertz CT molecular complexity index is 667. The second kappa shape index (κ2) is 5.92. The Morgan fingerprint density at radius 2 is 1.80 bits per heavy atom. The SMILES string of the molecule is CCc1sc(C2C(C#N)=C(N)SC(N)=C2C#N)cc1Br. The molecule has 0 amide bonds. The molecule has 0 aliphatic carbocycles. The monoisotopic (exact) mass is 366 g/mol. The van der Waals surface area contributed by atoms with Crippen LogP contribution in [-0.2, 0) is 6.42 Å². The molecular weight excluding hydrogens is 356 g/mol. The number of nitriles is 2. The van der Waals surface area contributed by atoms with E-state index in [0.29, 0.717) is 21.2 Å². The lowest BCUT2D eigenvalue weighted by molar-refractivity contribution is 0.981. The van der Waals surface area contributed by atoms with Crippen molar-refractivity contribution in [3.05, 3.63) is 41.5 Å². The van der Waals surface area contributed by atoms with Gasteiger partial charge in [-0.2, -0.15) is 10.5 Å². The molecule has 0 saturated carbocycles. The summed E-state index contributed by atoms with van der Waals surface area (Å²) in [5.74, 6) is -0.451. The predicted octanol–water partition coefficient (Wildman–Crippen LogP) is 3.29. The van der Waals surface area contributed by atoms with Crippen LogP contribution < -0.4 is 11.5 Å². The molecule has 0 aromatic carbocycles. The van der Waals surface area contributed by atoms with Crippen LogP contribution in [0.2, 0.25) is 0 Å². The van der Waals surface area contributed by atoms with Gasteiger partial charge in [0.25, 0.3) is 0 Å². The molecule has 102 valence electrons. The lowest BCUT2D eigenvalue weighted by Gasteiger charge is -2.22. The van der Waals surface area contributed by atoms with Gasteiger partial charge < -0.3 is 11.5 Å². The van der Waals surface area contributed by atoms with E-state index >= 15 is 0 Å². The topological polar surface area (TPSA) is 99.6 Å². The average molecular weight is 367 g/mol. The van der Waals surface area contributed by atoms with Gasteiger partial charge >= 0.3 is 0 Å². The third kappa shape index (κ3) is 2.45. The first-order chi connectivity index (χ1) is 9.53. The maximum Gasteiger partial charge on any atom is 0.0985 e. The zero-order valence-electron chi connectivity index (χ0n) is 10.6. The quantitative estimate of drug-likeness (QED) is 0.836. The Balaban J connectivity index is 2.62. The molecule has 0 bridgehead atoms. The number of hydrogen-bond donors (Lipinski definition) is 2. The number of nitrogens with zero attached hydrogens (tertiary/aromatic N) is 2. The van der Waals surface area contributed by atoms with Crippen molar-refractivity contribution in [1.29, 1.82) is 10.5 Å². The highest BCUT2D eigenvalue weighted by Gasteiger charge is 2.32. The summed E-state index contributed by atoms with van der Waals surface area (Å²) in [6, 6.07) is 6.18. The maximum atomic E-state index is 9.34. The molecule has 1 aliphatic heterocycles. The van der Waals surface area contributed by atoms with Crippen molar-refractivity contribution in [2.24, 2.45) is 11.5 Å². The van der Waals surface area contributed by atoms with Crippen molar-refractivity contribution in [3.63, 3.8) is 0 Å². The van der Waals surface area contributed by atoms with Crippen LogP contribution in [0.25, 0.3) is 0 Å². The fourth-order valence-corrected chi connectivity index (χ4v) is 4.81. The molecule has 2 rings (SSSR count). The molecule has 7 heteroatoms. The van der Waals surface area contributed by atoms with Crippen molar-refractivity contribution in [2.45, 2.75) is 19.3 Å². The van der Waals surface area contributed by atoms with Crippen molar-refractivity contribution in [2.75, 3.05) is 0 Å². The van der Waals surface area contributed by atoms with Crippen molar-refractivity contribution in [3.8, 4) is 12.1 Å². The minimum absolute atomic E-state index is 0.372. The summed E-state index contributed by atoms with van der Waals surface area (Å²) in [7, 11) is 0. The van der Waals surface area contributed by atoms with Gasteiger partial charge in [0.15, 0.2) is 0 Å². The summed E-state index contributed by atoms with van der Waals surface area (Å²) >= 11 is 6.16. The Morgan fingerprint density at radius 3 is 2.20 bits per heavy atom. The van der Waals surface area contributed by atoms with Crippen LogP contribution in [-0.4, -0.2) is 0 Å². The third-order valence-corrected chi connectivity index (χ3v) is 6.15. The summed E-state index contributed by atoms with van der Waals surface area (Å²) in [5.41, 5.74) is 12.6. The third-order valence-electron chi connectivity index (χ3n) is 2.95. The number of allylic oxidation sites excluding steroid dienone is 2. The first kappa shape index (κ1) is 15.0. The van der Waals surface area contributed by atoms with Crippen molar-refractivity contribution < 1.29 is 0 Å². The van der Waals surface area contributed by atoms with Gasteiger partial charge in [-0.3, -0.25) is 0 Å². The number of thioether (sulfide) groups is 1. The van der Waals surface area contributed by atoms with Gasteiger partial charge in [-0.05, 0) is 28.4 Å². The summed E-state index contributed by atoms with van der Waals surface area (Å²) in [4.78, 5) is 2.08. The van der Waals surface area contributed by atoms with Gasteiger partial charge in [0, 0.05) is 14.2 Å². The molecule has 1 aliphatic rings. The van der Waals surface area contributed by atoms with Gasteiger partial charge in [0.05, 0.1) is 39.3 Å². The van der Waals surface area contributed by atoms with E-state index in [2.05, 4.69) is 35.0 Å². The normalized spacial score (nSPS) is 16.2. The van der Waals surface area contributed by atoms with Gasteiger partial charge in [0.2, 0.25) is 0 Å². The zero-order valence-corrected chi connectivity index (χ0v) is 13.8. The summed E-state index contributed by atoms with van der Waals surface area (Å²) in [6.45, 7) is 2.06. The number of nitrogens with two attached hydrogens (primary N) is 2. The smallest absolute Gasteiger partial charge is 0.0985 e. The number of rotatable bonds is 2. The van der Waals surface area contributed by atoms with Gasteiger partial charge in [0.1, 0.15) is 0 Å². The fraction of sp³-hybridized carbons (Fsp3) is 0.231. The van der Waals surface area contributed by atoms with Gasteiger partial charge in [-0.15, -0.1) is 11.3 Å². The molecule has 0 fully saturated rings. The van der Waals surface area contributed by atoms with Crippen molar-refractivity contribution >= 4 is 39.0 Å². The van der Waals surface area contributed by atoms with E-state index in [9.17, 15) is 10.5 Å². The Kier molecular flexibility index (Phi) is 4.44. The predicted molar refractivity (Wildman–Crippen MR) is 85.4 cm³/mol. The molecule has 1 aromatic heterocycles. The molecule has 0 saturated heterocycles.